The van der Waals surface area contributed by atoms with Crippen LogP contribution in [0.5, 0.6) is 5.75 Å². The smallest absolute Gasteiger partial charge is 0.253 e. The summed E-state index contributed by atoms with van der Waals surface area (Å²) in [6.07, 6.45) is 7.14. The lowest BCUT2D eigenvalue weighted by atomic mass is 9.49. The van der Waals surface area contributed by atoms with Crippen LogP contribution in [0.2, 0.25) is 5.02 Å². The molecule has 3 aliphatic heterocycles. The largest absolute Gasteiger partial charge is 0.489 e. The third kappa shape index (κ3) is 10.6. The molecule has 376 valence electrons. The first-order valence-corrected chi connectivity index (χ1v) is 25.4. The number of anilines is 1. The predicted octanol–water partition coefficient (Wildman–Crippen LogP) is 7.49. The molecule has 4 aromatic rings. The normalized spacial score (nSPS) is 22.5. The van der Waals surface area contributed by atoms with Gasteiger partial charge in [0.2, 0.25) is 11.8 Å². The summed E-state index contributed by atoms with van der Waals surface area (Å²) in [6, 6.07) is 17.8. The average molecular weight is 986 g/mol. The summed E-state index contributed by atoms with van der Waals surface area (Å²) in [7, 11) is 1.96. The zero-order valence-electron chi connectivity index (χ0n) is 42.6. The van der Waals surface area contributed by atoms with Crippen LogP contribution in [0.3, 0.4) is 0 Å². The highest BCUT2D eigenvalue weighted by atomic mass is 35.5. The standard InChI is InChI=1S/C55H69ClN10O5/c1-33(2)47(51(70)66-32-41(67)27-45(66)50(69)61-34(3)36-12-14-37(15-13-36)43-20-21-58-35(43)4)48-60-31-40(63(48)9)11-10-22-64-23-25-65(26-24-64)46-19-17-39(30-59-46)49(68)62-52-54(5,6)53(55(52,7)8)71-42-18-16-38(29-57)44(56)28-42/h12-19,21,28,30-31,33-34,41,45,47,52-53,67H,10-11,20,22-27,32H2,1-9H3,(H,61,69)(H,62,68)/t34-,41+,45-,47+,52?,53?/m0/s1. The number of aliphatic hydroxyl groups excluding tert-OH is 1. The van der Waals surface area contributed by atoms with Crippen LogP contribution in [0.4, 0.5) is 5.82 Å². The number of hydrogen-bond acceptors (Lipinski definition) is 11. The molecule has 4 aliphatic rings. The monoisotopic (exact) mass is 985 g/mol. The lowest BCUT2D eigenvalue weighted by molar-refractivity contribution is -0.164. The number of piperazine rings is 1. The summed E-state index contributed by atoms with van der Waals surface area (Å²) < 4.78 is 8.43. The molecule has 2 aromatic carbocycles. The first-order chi connectivity index (χ1) is 33.8. The number of imidazole rings is 1. The van der Waals surface area contributed by atoms with Crippen molar-refractivity contribution in [2.45, 2.75) is 117 Å². The van der Waals surface area contributed by atoms with Crippen LogP contribution in [0.15, 0.2) is 77.7 Å². The number of likely N-dealkylation sites (tertiary alicyclic amines) is 1. The summed E-state index contributed by atoms with van der Waals surface area (Å²) in [6.45, 7) is 20.7. The summed E-state index contributed by atoms with van der Waals surface area (Å²) >= 11 is 6.27. The molecule has 71 heavy (non-hydrogen) atoms. The van der Waals surface area contributed by atoms with Gasteiger partial charge in [-0.05, 0) is 80.1 Å². The van der Waals surface area contributed by atoms with Gasteiger partial charge in [0.25, 0.3) is 5.91 Å². The lowest BCUT2D eigenvalue weighted by Gasteiger charge is -2.63. The minimum atomic E-state index is -0.796. The number of aliphatic imine (C=N–C) groups is 1. The number of aryl methyl sites for hydroxylation is 1. The molecule has 2 saturated heterocycles. The Morgan fingerprint density at radius 3 is 2.31 bits per heavy atom. The predicted molar refractivity (Wildman–Crippen MR) is 276 cm³/mol. The number of carbonyl (C=O) groups excluding carboxylic acids is 3. The molecule has 2 aromatic heterocycles. The molecule has 5 heterocycles. The van der Waals surface area contributed by atoms with Gasteiger partial charge >= 0.3 is 0 Å². The van der Waals surface area contributed by atoms with Gasteiger partial charge in [0.05, 0.1) is 34.2 Å². The maximum atomic E-state index is 14.4. The third-order valence-corrected chi connectivity index (χ3v) is 15.7. The first-order valence-electron chi connectivity index (χ1n) is 25.0. The molecular weight excluding hydrogens is 916 g/mol. The number of aliphatic hydroxyl groups is 1. The molecule has 3 fully saturated rings. The van der Waals surface area contributed by atoms with Gasteiger partial charge in [0, 0.05) is 106 Å². The van der Waals surface area contributed by atoms with Crippen molar-refractivity contribution in [3.63, 3.8) is 0 Å². The Bertz CT molecular complexity index is 2700. The lowest BCUT2D eigenvalue weighted by Crippen LogP contribution is -2.74. The maximum Gasteiger partial charge on any atom is 0.253 e. The number of nitriles is 1. The van der Waals surface area contributed by atoms with Gasteiger partial charge in [-0.25, -0.2) is 9.97 Å². The van der Waals surface area contributed by atoms with Gasteiger partial charge in [-0.3, -0.25) is 24.3 Å². The van der Waals surface area contributed by atoms with E-state index in [2.05, 4.69) is 71.3 Å². The van der Waals surface area contributed by atoms with E-state index in [1.54, 1.807) is 29.3 Å². The third-order valence-electron chi connectivity index (χ3n) is 15.4. The van der Waals surface area contributed by atoms with Gasteiger partial charge in [-0.15, -0.1) is 0 Å². The number of β-amino-alcohol motifs (C(OH)–C–C–N with tert-alkyl or cyclic N) is 1. The Morgan fingerprint density at radius 2 is 1.69 bits per heavy atom. The van der Waals surface area contributed by atoms with Gasteiger partial charge < -0.3 is 34.8 Å². The molecule has 3 N–H and O–H groups in total. The van der Waals surface area contributed by atoms with Gasteiger partial charge in [0.1, 0.15) is 35.6 Å². The zero-order valence-corrected chi connectivity index (χ0v) is 43.3. The molecule has 1 saturated carbocycles. The zero-order chi connectivity index (χ0) is 50.9. The van der Waals surface area contributed by atoms with Crippen molar-refractivity contribution in [1.29, 1.82) is 5.26 Å². The molecule has 3 amide bonds. The Balaban J connectivity index is 0.798. The molecule has 15 nitrogen and oxygen atoms in total. The second-order valence-electron chi connectivity index (χ2n) is 21.4. The number of pyridine rings is 1. The highest BCUT2D eigenvalue weighted by Crippen LogP contribution is 2.55. The van der Waals surface area contributed by atoms with E-state index < -0.39 is 18.1 Å². The van der Waals surface area contributed by atoms with E-state index in [4.69, 9.17) is 26.3 Å². The van der Waals surface area contributed by atoms with Gasteiger partial charge in [-0.2, -0.15) is 5.26 Å². The fraction of sp³-hybridized carbons (Fsp3) is 0.509. The summed E-state index contributed by atoms with van der Waals surface area (Å²) in [5.74, 6) is 0.757. The number of hydrogen-bond donors (Lipinski definition) is 3. The van der Waals surface area contributed by atoms with Crippen LogP contribution in [-0.2, 0) is 23.1 Å². The number of nitrogens with one attached hydrogen (secondary N) is 2. The number of amides is 3. The van der Waals surface area contributed by atoms with E-state index in [0.717, 1.165) is 80.3 Å². The fourth-order valence-electron chi connectivity index (χ4n) is 11.6. The number of ether oxygens (including phenoxy) is 1. The molecule has 0 unspecified atom stereocenters. The van der Waals surface area contributed by atoms with E-state index in [1.165, 1.54) is 5.57 Å². The van der Waals surface area contributed by atoms with Gasteiger partial charge in [0.15, 0.2) is 0 Å². The van der Waals surface area contributed by atoms with E-state index in [0.29, 0.717) is 27.7 Å². The number of halogens is 1. The Labute approximate surface area is 423 Å². The number of benzene rings is 2. The average Bonchev–Trinajstić information content (AvgIpc) is 4.07. The summed E-state index contributed by atoms with van der Waals surface area (Å²) in [5, 5.41) is 26.8. The van der Waals surface area contributed by atoms with Crippen molar-refractivity contribution in [3.8, 4) is 11.8 Å². The highest BCUT2D eigenvalue weighted by Gasteiger charge is 2.64. The van der Waals surface area contributed by atoms with Crippen molar-refractivity contribution in [3.05, 3.63) is 111 Å². The van der Waals surface area contributed by atoms with Crippen LogP contribution in [-0.4, -0.2) is 117 Å². The van der Waals surface area contributed by atoms with Crippen LogP contribution in [0.1, 0.15) is 125 Å². The Kier molecular flexibility index (Phi) is 15.1. The molecule has 16 heteroatoms. The molecular formula is C55H69ClN10O5. The molecule has 0 radical (unpaired) electrons. The summed E-state index contributed by atoms with van der Waals surface area (Å²) in [4.78, 5) is 62.0. The van der Waals surface area contributed by atoms with Gasteiger partial charge in [-0.1, -0.05) is 77.4 Å². The summed E-state index contributed by atoms with van der Waals surface area (Å²) in [5.41, 5.74) is 5.46. The minimum absolute atomic E-state index is 0.0943. The quantitative estimate of drug-likeness (QED) is 0.102. The number of rotatable bonds is 16. The van der Waals surface area contributed by atoms with E-state index in [1.807, 2.05) is 76.0 Å². The van der Waals surface area contributed by atoms with Crippen molar-refractivity contribution in [2.75, 3.05) is 44.2 Å². The molecule has 0 spiro atoms. The van der Waals surface area contributed by atoms with Crippen LogP contribution >= 0.6 is 11.6 Å². The van der Waals surface area contributed by atoms with Crippen LogP contribution in [0, 0.1) is 28.1 Å². The SMILES string of the molecule is CC1=C(c2ccc([C@H](C)NC(=O)[C@@H]3C[C@@H](O)CN3C(=O)[C@@H](c3ncc(CCCN4CCN(c5ccc(C(=O)NC6C(C)(C)C(Oc7ccc(C#N)c(Cl)c7)C6(C)C)cn5)CC4)n3C)C(C)C)cc2)CC=N1. The fourth-order valence-corrected chi connectivity index (χ4v) is 11.8. The Morgan fingerprint density at radius 1 is 0.972 bits per heavy atom. The minimum Gasteiger partial charge on any atom is -0.489 e. The van der Waals surface area contributed by atoms with E-state index in [-0.39, 0.29) is 65.6 Å². The second kappa shape index (κ2) is 20.9. The first kappa shape index (κ1) is 51.3. The number of allylic oxidation sites excluding steroid dienone is 2. The second-order valence-corrected chi connectivity index (χ2v) is 21.8. The van der Waals surface area contributed by atoms with Crippen molar-refractivity contribution >= 4 is 46.9 Å². The highest BCUT2D eigenvalue weighted by molar-refractivity contribution is 6.31. The van der Waals surface area contributed by atoms with Crippen molar-refractivity contribution in [1.82, 2.24) is 35.0 Å². The van der Waals surface area contributed by atoms with Crippen LogP contribution in [0.25, 0.3) is 5.57 Å². The number of aromatic nitrogens is 3. The van der Waals surface area contributed by atoms with E-state index in [9.17, 15) is 24.8 Å². The van der Waals surface area contributed by atoms with Crippen molar-refractivity contribution in [2.24, 2.45) is 28.8 Å². The topological polar surface area (TPSA) is 181 Å². The number of nitrogens with zero attached hydrogens (tertiary/aromatic N) is 8. The number of carbonyl (C=O) groups is 3. The van der Waals surface area contributed by atoms with E-state index >= 15 is 0 Å². The van der Waals surface area contributed by atoms with Crippen LogP contribution < -0.4 is 20.3 Å². The maximum absolute atomic E-state index is 14.4. The molecule has 8 rings (SSSR count). The molecule has 1 aliphatic carbocycles. The molecule has 0 bridgehead atoms. The van der Waals surface area contributed by atoms with Crippen molar-refractivity contribution < 1.29 is 24.2 Å². The Hall–Kier alpha value is -6.08. The molecule has 4 atom stereocenters.